The van der Waals surface area contributed by atoms with Crippen LogP contribution in [0.1, 0.15) is 11.4 Å². The molecule has 0 saturated heterocycles. The van der Waals surface area contributed by atoms with E-state index in [1.165, 1.54) is 16.0 Å². The summed E-state index contributed by atoms with van der Waals surface area (Å²) in [7, 11) is 0. The molecule has 0 aliphatic rings. The highest BCUT2D eigenvalue weighted by molar-refractivity contribution is 7.14. The van der Waals surface area contributed by atoms with Gasteiger partial charge in [0.05, 0.1) is 10.6 Å². The van der Waals surface area contributed by atoms with Crippen molar-refractivity contribution >= 4 is 28.1 Å². The van der Waals surface area contributed by atoms with E-state index in [1.807, 2.05) is 17.5 Å². The van der Waals surface area contributed by atoms with Crippen LogP contribution in [0.2, 0.25) is 0 Å². The number of thiazole rings is 1. The maximum absolute atomic E-state index is 12.2. The first-order chi connectivity index (χ1) is 12.0. The van der Waals surface area contributed by atoms with Crippen LogP contribution in [0, 0.1) is 24.0 Å². The first kappa shape index (κ1) is 16.7. The molecule has 128 valence electrons. The van der Waals surface area contributed by atoms with Crippen LogP contribution in [0.5, 0.6) is 0 Å². The third-order valence-electron chi connectivity index (χ3n) is 3.53. The van der Waals surface area contributed by atoms with Crippen molar-refractivity contribution in [3.63, 3.8) is 0 Å². The van der Waals surface area contributed by atoms with E-state index in [2.05, 4.69) is 20.4 Å². The summed E-state index contributed by atoms with van der Waals surface area (Å²) in [4.78, 5) is 31.1. The average Bonchev–Trinajstić information content (AvgIpc) is 3.13. The number of nitrogens with one attached hydrogen (secondary N) is 1. The standard InChI is InChI=1S/C15H14N6O3S/c1-9-14(21(23)24)10(2)20(19-9)7-13(22)18-15-17-12(8-25-15)11-4-3-5-16-6-11/h3-6,8H,7H2,1-2H3,(H,17,18,22). The molecule has 0 bridgehead atoms. The molecule has 10 heteroatoms. The van der Waals surface area contributed by atoms with Crippen LogP contribution in [-0.2, 0) is 11.3 Å². The number of rotatable bonds is 5. The quantitative estimate of drug-likeness (QED) is 0.553. The Morgan fingerprint density at radius 1 is 1.44 bits per heavy atom. The van der Waals surface area contributed by atoms with Crippen molar-refractivity contribution in [2.75, 3.05) is 5.32 Å². The number of hydrogen-bond donors (Lipinski definition) is 1. The summed E-state index contributed by atoms with van der Waals surface area (Å²) < 4.78 is 1.32. The smallest absolute Gasteiger partial charge is 0.300 e. The van der Waals surface area contributed by atoms with Crippen LogP contribution < -0.4 is 5.32 Å². The molecule has 0 aliphatic heterocycles. The van der Waals surface area contributed by atoms with Crippen molar-refractivity contribution in [2.45, 2.75) is 20.4 Å². The molecule has 1 amide bonds. The average molecular weight is 358 g/mol. The number of hydrogen-bond acceptors (Lipinski definition) is 7. The Labute approximate surface area is 146 Å². The lowest BCUT2D eigenvalue weighted by Crippen LogP contribution is -2.20. The molecule has 0 fully saturated rings. The fraction of sp³-hybridized carbons (Fsp3) is 0.200. The lowest BCUT2D eigenvalue weighted by atomic mass is 10.2. The van der Waals surface area contributed by atoms with E-state index < -0.39 is 4.92 Å². The van der Waals surface area contributed by atoms with Gasteiger partial charge in [0.1, 0.15) is 17.9 Å². The van der Waals surface area contributed by atoms with Crippen molar-refractivity contribution in [1.82, 2.24) is 19.7 Å². The molecule has 3 aromatic heterocycles. The highest BCUT2D eigenvalue weighted by Gasteiger charge is 2.22. The Kier molecular flexibility index (Phi) is 4.52. The van der Waals surface area contributed by atoms with Gasteiger partial charge in [-0.05, 0) is 26.0 Å². The fourth-order valence-corrected chi connectivity index (χ4v) is 3.11. The number of amides is 1. The van der Waals surface area contributed by atoms with Crippen molar-refractivity contribution < 1.29 is 9.72 Å². The lowest BCUT2D eigenvalue weighted by Gasteiger charge is -2.03. The minimum atomic E-state index is -0.493. The molecule has 25 heavy (non-hydrogen) atoms. The van der Waals surface area contributed by atoms with Gasteiger partial charge in [-0.25, -0.2) is 4.98 Å². The molecule has 9 nitrogen and oxygen atoms in total. The number of aromatic nitrogens is 4. The number of carbonyl (C=O) groups excluding carboxylic acids is 1. The highest BCUT2D eigenvalue weighted by Crippen LogP contribution is 2.25. The summed E-state index contributed by atoms with van der Waals surface area (Å²) in [6.07, 6.45) is 3.36. The van der Waals surface area contributed by atoms with Gasteiger partial charge in [-0.2, -0.15) is 5.10 Å². The first-order valence-electron chi connectivity index (χ1n) is 7.30. The molecule has 3 rings (SSSR count). The van der Waals surface area contributed by atoms with E-state index in [0.29, 0.717) is 10.8 Å². The molecule has 3 aromatic rings. The highest BCUT2D eigenvalue weighted by atomic mass is 32.1. The first-order valence-corrected chi connectivity index (χ1v) is 8.18. The van der Waals surface area contributed by atoms with Crippen molar-refractivity contribution in [3.8, 4) is 11.3 Å². The molecule has 3 heterocycles. The largest absolute Gasteiger partial charge is 0.312 e. The number of pyridine rings is 1. The van der Waals surface area contributed by atoms with Gasteiger partial charge >= 0.3 is 5.69 Å². The predicted octanol–water partition coefficient (Wildman–Crippen LogP) is 2.57. The molecule has 0 radical (unpaired) electrons. The summed E-state index contributed by atoms with van der Waals surface area (Å²) in [5.41, 5.74) is 2.13. The van der Waals surface area contributed by atoms with Crippen molar-refractivity contribution in [3.05, 3.63) is 51.4 Å². The SMILES string of the molecule is Cc1nn(CC(=O)Nc2nc(-c3cccnc3)cs2)c(C)c1[N+](=O)[O-]. The number of aryl methyl sites for hydroxylation is 1. The van der Waals surface area contributed by atoms with Gasteiger partial charge in [-0.15, -0.1) is 11.3 Å². The van der Waals surface area contributed by atoms with Gasteiger partial charge < -0.3 is 5.32 Å². The summed E-state index contributed by atoms with van der Waals surface area (Å²) in [6, 6.07) is 3.69. The van der Waals surface area contributed by atoms with Gasteiger partial charge in [-0.3, -0.25) is 24.6 Å². The second kappa shape index (κ2) is 6.77. The fourth-order valence-electron chi connectivity index (χ4n) is 2.38. The molecule has 0 spiro atoms. The van der Waals surface area contributed by atoms with E-state index in [0.717, 1.165) is 11.3 Å². The Bertz CT molecular complexity index is 934. The zero-order valence-electron chi connectivity index (χ0n) is 13.5. The van der Waals surface area contributed by atoms with E-state index in [-0.39, 0.29) is 23.8 Å². The van der Waals surface area contributed by atoms with E-state index in [4.69, 9.17) is 0 Å². The maximum atomic E-state index is 12.2. The van der Waals surface area contributed by atoms with Crippen molar-refractivity contribution in [2.24, 2.45) is 0 Å². The van der Waals surface area contributed by atoms with Crippen LogP contribution in [0.15, 0.2) is 29.9 Å². The summed E-state index contributed by atoms with van der Waals surface area (Å²) in [5.74, 6) is -0.354. The van der Waals surface area contributed by atoms with Crippen LogP contribution in [0.25, 0.3) is 11.3 Å². The number of nitrogens with zero attached hydrogens (tertiary/aromatic N) is 5. The van der Waals surface area contributed by atoms with Gasteiger partial charge in [0.15, 0.2) is 5.13 Å². The summed E-state index contributed by atoms with van der Waals surface area (Å²) in [5, 5.41) is 20.0. The van der Waals surface area contributed by atoms with E-state index >= 15 is 0 Å². The molecule has 0 atom stereocenters. The van der Waals surface area contributed by atoms with Gasteiger partial charge in [0, 0.05) is 23.3 Å². The molecule has 0 unspecified atom stereocenters. The van der Waals surface area contributed by atoms with Crippen LogP contribution in [0.3, 0.4) is 0 Å². The summed E-state index contributed by atoms with van der Waals surface area (Å²) in [6.45, 7) is 2.98. The normalized spacial score (nSPS) is 10.6. The van der Waals surface area contributed by atoms with Gasteiger partial charge in [0.25, 0.3) is 0 Å². The molecular weight excluding hydrogens is 344 g/mol. The molecule has 0 saturated carbocycles. The Hall–Kier alpha value is -3.14. The monoisotopic (exact) mass is 358 g/mol. The van der Waals surface area contributed by atoms with E-state index in [1.54, 1.807) is 26.2 Å². The van der Waals surface area contributed by atoms with Crippen molar-refractivity contribution in [1.29, 1.82) is 0 Å². The van der Waals surface area contributed by atoms with Crippen LogP contribution in [-0.4, -0.2) is 30.6 Å². The zero-order chi connectivity index (χ0) is 18.0. The molecule has 0 aromatic carbocycles. The predicted molar refractivity (Wildman–Crippen MR) is 92.3 cm³/mol. The number of nitro groups is 1. The van der Waals surface area contributed by atoms with E-state index in [9.17, 15) is 14.9 Å². The minimum absolute atomic E-state index is 0.0686. The Morgan fingerprint density at radius 2 is 2.24 bits per heavy atom. The third kappa shape index (κ3) is 3.53. The van der Waals surface area contributed by atoms with Gasteiger partial charge in [0.2, 0.25) is 5.91 Å². The van der Waals surface area contributed by atoms with Crippen LogP contribution >= 0.6 is 11.3 Å². The topological polar surface area (TPSA) is 116 Å². The van der Waals surface area contributed by atoms with Crippen LogP contribution in [0.4, 0.5) is 10.8 Å². The molecule has 0 aliphatic carbocycles. The second-order valence-corrected chi connectivity index (χ2v) is 6.12. The zero-order valence-corrected chi connectivity index (χ0v) is 14.3. The molecular formula is C15H14N6O3S. The number of carbonyl (C=O) groups is 1. The van der Waals surface area contributed by atoms with Gasteiger partial charge in [-0.1, -0.05) is 0 Å². The Morgan fingerprint density at radius 3 is 2.88 bits per heavy atom. The number of anilines is 1. The Balaban J connectivity index is 1.71. The molecule has 1 N–H and O–H groups in total. The second-order valence-electron chi connectivity index (χ2n) is 5.26. The third-order valence-corrected chi connectivity index (χ3v) is 4.28. The lowest BCUT2D eigenvalue weighted by molar-refractivity contribution is -0.386. The maximum Gasteiger partial charge on any atom is 0.312 e. The summed E-state index contributed by atoms with van der Waals surface area (Å²) >= 11 is 1.29. The minimum Gasteiger partial charge on any atom is -0.300 e.